The normalized spacial score (nSPS) is 13.2. The zero-order valence-electron chi connectivity index (χ0n) is 12.4. The summed E-state index contributed by atoms with van der Waals surface area (Å²) in [6.45, 7) is 8.48. The monoisotopic (exact) mass is 262 g/mol. The average Bonchev–Trinajstić information content (AvgIpc) is 2.37. The summed E-state index contributed by atoms with van der Waals surface area (Å²) < 4.78 is 15.4. The Bertz CT molecular complexity index is 170. The standard InChI is InChI=1S/C13H30N2O3/c1-13(12-18-4)15(9-11-17-3)8-7-14-6-5-10-16-2/h13-14H,5-12H2,1-4H3. The summed E-state index contributed by atoms with van der Waals surface area (Å²) in [5.74, 6) is 0. The SMILES string of the molecule is COCCCNCCN(CCOC)C(C)COC. The molecule has 0 aromatic carbocycles. The molecular formula is C13H30N2O3. The molecule has 18 heavy (non-hydrogen) atoms. The minimum absolute atomic E-state index is 0.422. The molecule has 1 unspecified atom stereocenters. The zero-order chi connectivity index (χ0) is 13.6. The maximum Gasteiger partial charge on any atom is 0.0615 e. The van der Waals surface area contributed by atoms with Crippen LogP contribution in [0.4, 0.5) is 0 Å². The molecule has 0 aliphatic heterocycles. The molecular weight excluding hydrogens is 232 g/mol. The van der Waals surface area contributed by atoms with Gasteiger partial charge in [-0.15, -0.1) is 0 Å². The van der Waals surface area contributed by atoms with Crippen molar-refractivity contribution >= 4 is 0 Å². The van der Waals surface area contributed by atoms with Crippen LogP contribution in [0.5, 0.6) is 0 Å². The predicted octanol–water partition coefficient (Wildman–Crippen LogP) is 0.596. The smallest absolute Gasteiger partial charge is 0.0615 e. The third-order valence-electron chi connectivity index (χ3n) is 2.89. The lowest BCUT2D eigenvalue weighted by atomic mass is 10.3. The van der Waals surface area contributed by atoms with E-state index in [0.29, 0.717) is 6.04 Å². The van der Waals surface area contributed by atoms with Gasteiger partial charge < -0.3 is 19.5 Å². The highest BCUT2D eigenvalue weighted by molar-refractivity contribution is 4.67. The molecule has 0 aliphatic rings. The Kier molecular flexibility index (Phi) is 13.1. The lowest BCUT2D eigenvalue weighted by Crippen LogP contribution is -2.42. The first kappa shape index (κ1) is 17.8. The number of methoxy groups -OCH3 is 3. The summed E-state index contributed by atoms with van der Waals surface area (Å²) in [7, 11) is 5.22. The molecule has 0 heterocycles. The van der Waals surface area contributed by atoms with Crippen LogP contribution in [0.1, 0.15) is 13.3 Å². The quantitative estimate of drug-likeness (QED) is 0.492. The number of ether oxygens (including phenoxy) is 3. The maximum absolute atomic E-state index is 5.20. The minimum Gasteiger partial charge on any atom is -0.385 e. The molecule has 0 fully saturated rings. The van der Waals surface area contributed by atoms with Crippen LogP contribution in [0, 0.1) is 0 Å². The van der Waals surface area contributed by atoms with E-state index in [1.807, 2.05) is 0 Å². The first-order chi connectivity index (χ1) is 8.76. The van der Waals surface area contributed by atoms with E-state index in [2.05, 4.69) is 17.1 Å². The predicted molar refractivity (Wildman–Crippen MR) is 74.1 cm³/mol. The van der Waals surface area contributed by atoms with Gasteiger partial charge in [0.25, 0.3) is 0 Å². The van der Waals surface area contributed by atoms with Gasteiger partial charge in [0.15, 0.2) is 0 Å². The van der Waals surface area contributed by atoms with E-state index in [1.54, 1.807) is 21.3 Å². The van der Waals surface area contributed by atoms with E-state index in [-0.39, 0.29) is 0 Å². The van der Waals surface area contributed by atoms with Gasteiger partial charge in [-0.3, -0.25) is 4.90 Å². The van der Waals surface area contributed by atoms with Gasteiger partial charge in [0.2, 0.25) is 0 Å². The highest BCUT2D eigenvalue weighted by atomic mass is 16.5. The van der Waals surface area contributed by atoms with Gasteiger partial charge >= 0.3 is 0 Å². The van der Waals surface area contributed by atoms with Gasteiger partial charge in [-0.05, 0) is 19.9 Å². The van der Waals surface area contributed by atoms with Crippen molar-refractivity contribution in [3.8, 4) is 0 Å². The van der Waals surface area contributed by atoms with E-state index < -0.39 is 0 Å². The molecule has 0 rings (SSSR count). The molecule has 0 amide bonds. The second-order valence-electron chi connectivity index (χ2n) is 4.43. The summed E-state index contributed by atoms with van der Waals surface area (Å²) in [6.07, 6.45) is 1.06. The summed E-state index contributed by atoms with van der Waals surface area (Å²) in [6, 6.07) is 0.422. The Morgan fingerprint density at radius 1 is 0.944 bits per heavy atom. The molecule has 0 radical (unpaired) electrons. The number of hydrogen-bond acceptors (Lipinski definition) is 5. The third kappa shape index (κ3) is 9.79. The molecule has 1 N–H and O–H groups in total. The molecule has 0 bridgehead atoms. The van der Waals surface area contributed by atoms with Crippen molar-refractivity contribution in [3.63, 3.8) is 0 Å². The van der Waals surface area contributed by atoms with Crippen molar-refractivity contribution in [1.29, 1.82) is 0 Å². The molecule has 0 saturated carbocycles. The topological polar surface area (TPSA) is 43.0 Å². The third-order valence-corrected chi connectivity index (χ3v) is 2.89. The highest BCUT2D eigenvalue weighted by Crippen LogP contribution is 1.98. The van der Waals surface area contributed by atoms with Gasteiger partial charge in [0.1, 0.15) is 0 Å². The van der Waals surface area contributed by atoms with Gasteiger partial charge in [0, 0.05) is 53.6 Å². The Morgan fingerprint density at radius 3 is 2.28 bits per heavy atom. The van der Waals surface area contributed by atoms with Gasteiger partial charge in [-0.2, -0.15) is 0 Å². The van der Waals surface area contributed by atoms with Crippen molar-refractivity contribution in [2.75, 3.05) is 67.3 Å². The molecule has 5 heteroatoms. The Labute approximate surface area is 112 Å². The lowest BCUT2D eigenvalue weighted by Gasteiger charge is -2.28. The molecule has 0 spiro atoms. The van der Waals surface area contributed by atoms with Gasteiger partial charge in [-0.1, -0.05) is 0 Å². The second-order valence-corrected chi connectivity index (χ2v) is 4.43. The van der Waals surface area contributed by atoms with Crippen molar-refractivity contribution in [2.24, 2.45) is 0 Å². The first-order valence-electron chi connectivity index (χ1n) is 6.67. The summed E-state index contributed by atoms with van der Waals surface area (Å²) >= 11 is 0. The fourth-order valence-corrected chi connectivity index (χ4v) is 1.80. The number of nitrogens with one attached hydrogen (secondary N) is 1. The van der Waals surface area contributed by atoms with Crippen molar-refractivity contribution in [1.82, 2.24) is 10.2 Å². The summed E-state index contributed by atoms with van der Waals surface area (Å²) in [4.78, 5) is 2.39. The molecule has 1 atom stereocenters. The number of hydrogen-bond donors (Lipinski definition) is 1. The first-order valence-corrected chi connectivity index (χ1v) is 6.67. The van der Waals surface area contributed by atoms with Crippen molar-refractivity contribution < 1.29 is 14.2 Å². The van der Waals surface area contributed by atoms with E-state index >= 15 is 0 Å². The number of rotatable bonds is 13. The minimum atomic E-state index is 0.422. The van der Waals surface area contributed by atoms with Crippen LogP contribution in [-0.4, -0.2) is 78.3 Å². The Hall–Kier alpha value is -0.200. The van der Waals surface area contributed by atoms with E-state index in [4.69, 9.17) is 14.2 Å². The number of nitrogens with zero attached hydrogens (tertiary/aromatic N) is 1. The van der Waals surface area contributed by atoms with Gasteiger partial charge in [0.05, 0.1) is 13.2 Å². The van der Waals surface area contributed by atoms with Crippen LogP contribution < -0.4 is 5.32 Å². The van der Waals surface area contributed by atoms with Crippen LogP contribution >= 0.6 is 0 Å². The van der Waals surface area contributed by atoms with E-state index in [1.165, 1.54) is 0 Å². The summed E-state index contributed by atoms with van der Waals surface area (Å²) in [5.41, 5.74) is 0. The molecule has 0 aromatic rings. The Balaban J connectivity index is 3.71. The Morgan fingerprint density at radius 2 is 1.67 bits per heavy atom. The molecule has 0 aliphatic carbocycles. The van der Waals surface area contributed by atoms with E-state index in [0.717, 1.165) is 52.4 Å². The average molecular weight is 262 g/mol. The lowest BCUT2D eigenvalue weighted by molar-refractivity contribution is 0.0756. The van der Waals surface area contributed by atoms with Crippen LogP contribution in [0.25, 0.3) is 0 Å². The fourth-order valence-electron chi connectivity index (χ4n) is 1.80. The largest absolute Gasteiger partial charge is 0.385 e. The molecule has 0 saturated heterocycles. The molecule has 0 aromatic heterocycles. The second kappa shape index (κ2) is 13.2. The van der Waals surface area contributed by atoms with Crippen LogP contribution in [0.3, 0.4) is 0 Å². The van der Waals surface area contributed by atoms with Crippen molar-refractivity contribution in [2.45, 2.75) is 19.4 Å². The van der Waals surface area contributed by atoms with E-state index in [9.17, 15) is 0 Å². The maximum atomic E-state index is 5.20. The highest BCUT2D eigenvalue weighted by Gasteiger charge is 2.12. The molecule has 5 nitrogen and oxygen atoms in total. The van der Waals surface area contributed by atoms with Crippen molar-refractivity contribution in [3.05, 3.63) is 0 Å². The van der Waals surface area contributed by atoms with Gasteiger partial charge in [-0.25, -0.2) is 0 Å². The van der Waals surface area contributed by atoms with Crippen LogP contribution in [0.2, 0.25) is 0 Å². The fraction of sp³-hybridized carbons (Fsp3) is 1.00. The van der Waals surface area contributed by atoms with Crippen LogP contribution in [-0.2, 0) is 14.2 Å². The van der Waals surface area contributed by atoms with Crippen LogP contribution in [0.15, 0.2) is 0 Å². The zero-order valence-corrected chi connectivity index (χ0v) is 12.4. The summed E-state index contributed by atoms with van der Waals surface area (Å²) in [5, 5.41) is 3.42. The molecule has 110 valence electrons.